The predicted octanol–water partition coefficient (Wildman–Crippen LogP) is 0.542. The molecule has 4 nitrogen and oxygen atoms in total. The van der Waals surface area contributed by atoms with E-state index in [0.29, 0.717) is 19.4 Å². The maximum Gasteiger partial charge on any atom is 0.224 e. The van der Waals surface area contributed by atoms with Gasteiger partial charge in [-0.1, -0.05) is 29.8 Å². The van der Waals surface area contributed by atoms with Crippen LogP contribution in [0.2, 0.25) is 0 Å². The molecule has 1 aromatic rings. The number of hydrogen-bond donors (Lipinski definition) is 2. The summed E-state index contributed by atoms with van der Waals surface area (Å²) < 4.78 is 0. The monoisotopic (exact) mass is 232 g/mol. The van der Waals surface area contributed by atoms with Crippen molar-refractivity contribution in [3.63, 3.8) is 0 Å². The molecule has 1 atom stereocenters. The highest BCUT2D eigenvalue weighted by Gasteiger charge is 2.22. The van der Waals surface area contributed by atoms with E-state index in [1.807, 2.05) is 31.2 Å². The van der Waals surface area contributed by atoms with Crippen molar-refractivity contribution in [1.82, 2.24) is 10.6 Å². The maximum atomic E-state index is 11.7. The quantitative estimate of drug-likeness (QED) is 0.799. The Hall–Kier alpha value is -1.84. The highest BCUT2D eigenvalue weighted by molar-refractivity contribution is 5.83. The molecule has 0 bridgehead atoms. The third kappa shape index (κ3) is 3.31. The smallest absolute Gasteiger partial charge is 0.224 e. The summed E-state index contributed by atoms with van der Waals surface area (Å²) in [5.74, 6) is -0.0250. The van der Waals surface area contributed by atoms with Gasteiger partial charge in [0.05, 0.1) is 12.5 Å². The molecule has 2 N–H and O–H groups in total. The van der Waals surface area contributed by atoms with Crippen molar-refractivity contribution in [3.8, 4) is 0 Å². The zero-order chi connectivity index (χ0) is 12.3. The predicted molar refractivity (Wildman–Crippen MR) is 64.4 cm³/mol. The molecule has 0 saturated carbocycles. The Morgan fingerprint density at radius 1 is 1.53 bits per heavy atom. The Kier molecular flexibility index (Phi) is 3.42. The van der Waals surface area contributed by atoms with Crippen LogP contribution in [-0.4, -0.2) is 24.4 Å². The van der Waals surface area contributed by atoms with Gasteiger partial charge < -0.3 is 10.6 Å². The number of amides is 2. The molecule has 1 fully saturated rings. The molecule has 1 saturated heterocycles. The summed E-state index contributed by atoms with van der Waals surface area (Å²) in [4.78, 5) is 22.7. The first-order chi connectivity index (χ1) is 8.13. The number of benzene rings is 1. The summed E-state index contributed by atoms with van der Waals surface area (Å²) in [6, 6.07) is 7.82. The van der Waals surface area contributed by atoms with Crippen LogP contribution in [0.25, 0.3) is 0 Å². The van der Waals surface area contributed by atoms with Crippen LogP contribution in [0, 0.1) is 6.92 Å². The molecule has 1 aliphatic rings. The largest absolute Gasteiger partial charge is 0.354 e. The minimum atomic E-state index is -0.0557. The summed E-state index contributed by atoms with van der Waals surface area (Å²) in [5.41, 5.74) is 2.15. The van der Waals surface area contributed by atoms with Crippen molar-refractivity contribution < 1.29 is 9.59 Å². The van der Waals surface area contributed by atoms with Crippen molar-refractivity contribution in [2.45, 2.75) is 25.8 Å². The topological polar surface area (TPSA) is 58.2 Å². The number of carbonyl (C=O) groups is 2. The van der Waals surface area contributed by atoms with Crippen molar-refractivity contribution >= 4 is 11.8 Å². The molecule has 17 heavy (non-hydrogen) atoms. The molecular formula is C13H16N2O2. The first-order valence-corrected chi connectivity index (χ1v) is 5.75. The average molecular weight is 232 g/mol. The van der Waals surface area contributed by atoms with Crippen LogP contribution >= 0.6 is 0 Å². The lowest BCUT2D eigenvalue weighted by Gasteiger charge is -2.10. The summed E-state index contributed by atoms with van der Waals surface area (Å²) in [6.45, 7) is 2.54. The Morgan fingerprint density at radius 3 is 3.00 bits per heavy atom. The van der Waals surface area contributed by atoms with Gasteiger partial charge in [-0.25, -0.2) is 0 Å². The van der Waals surface area contributed by atoms with E-state index in [1.165, 1.54) is 0 Å². The summed E-state index contributed by atoms with van der Waals surface area (Å²) >= 11 is 0. The highest BCUT2D eigenvalue weighted by atomic mass is 16.2. The first kappa shape index (κ1) is 11.6. The average Bonchev–Trinajstić information content (AvgIpc) is 2.63. The number of aryl methyl sites for hydroxylation is 1. The molecule has 1 aliphatic heterocycles. The number of nitrogens with one attached hydrogen (secondary N) is 2. The molecule has 2 rings (SSSR count). The molecule has 0 spiro atoms. The maximum absolute atomic E-state index is 11.7. The second-order valence-electron chi connectivity index (χ2n) is 4.44. The van der Waals surface area contributed by atoms with Crippen LogP contribution in [0.5, 0.6) is 0 Å². The lowest BCUT2D eigenvalue weighted by atomic mass is 10.1. The molecule has 1 aromatic carbocycles. The summed E-state index contributed by atoms with van der Waals surface area (Å²) in [5, 5.41) is 5.55. The Labute approximate surface area is 100 Å². The van der Waals surface area contributed by atoms with Gasteiger partial charge in [0.15, 0.2) is 0 Å². The molecule has 0 aromatic heterocycles. The zero-order valence-electron chi connectivity index (χ0n) is 9.82. The first-order valence-electron chi connectivity index (χ1n) is 5.75. The van der Waals surface area contributed by atoms with E-state index < -0.39 is 0 Å². The van der Waals surface area contributed by atoms with Crippen molar-refractivity contribution in [3.05, 3.63) is 35.4 Å². The molecule has 2 amide bonds. The van der Waals surface area contributed by atoms with E-state index in [4.69, 9.17) is 0 Å². The van der Waals surface area contributed by atoms with E-state index in [1.54, 1.807) is 0 Å². The zero-order valence-corrected chi connectivity index (χ0v) is 9.82. The molecule has 90 valence electrons. The van der Waals surface area contributed by atoms with Crippen molar-refractivity contribution in [1.29, 1.82) is 0 Å². The van der Waals surface area contributed by atoms with E-state index >= 15 is 0 Å². The Morgan fingerprint density at radius 2 is 2.35 bits per heavy atom. The molecule has 0 aliphatic carbocycles. The number of hydrogen-bond acceptors (Lipinski definition) is 2. The molecule has 1 unspecified atom stereocenters. The highest BCUT2D eigenvalue weighted by Crippen LogP contribution is 2.05. The normalized spacial score (nSPS) is 18.9. The van der Waals surface area contributed by atoms with E-state index in [9.17, 15) is 9.59 Å². The van der Waals surface area contributed by atoms with Gasteiger partial charge in [0.1, 0.15) is 0 Å². The van der Waals surface area contributed by atoms with Gasteiger partial charge in [0.2, 0.25) is 11.8 Å². The fraction of sp³-hybridized carbons (Fsp3) is 0.385. The van der Waals surface area contributed by atoms with Gasteiger partial charge in [-0.05, 0) is 12.5 Å². The third-order valence-electron chi connectivity index (χ3n) is 2.79. The second-order valence-corrected chi connectivity index (χ2v) is 4.44. The van der Waals surface area contributed by atoms with E-state index in [-0.39, 0.29) is 17.9 Å². The van der Waals surface area contributed by atoms with Crippen LogP contribution < -0.4 is 10.6 Å². The Balaban J connectivity index is 1.87. The van der Waals surface area contributed by atoms with Crippen molar-refractivity contribution in [2.75, 3.05) is 6.54 Å². The van der Waals surface area contributed by atoms with Crippen LogP contribution in [0.3, 0.4) is 0 Å². The lowest BCUT2D eigenvalue weighted by molar-refractivity contribution is -0.121. The number of carbonyl (C=O) groups excluding carboxylic acids is 2. The Bertz CT molecular complexity index is 443. The lowest BCUT2D eigenvalue weighted by Crippen LogP contribution is -2.37. The number of rotatable bonds is 3. The van der Waals surface area contributed by atoms with Gasteiger partial charge in [-0.2, -0.15) is 0 Å². The fourth-order valence-electron chi connectivity index (χ4n) is 1.99. The van der Waals surface area contributed by atoms with Gasteiger partial charge in [-0.3, -0.25) is 9.59 Å². The minimum Gasteiger partial charge on any atom is -0.354 e. The molecule has 0 radical (unpaired) electrons. The molecular weight excluding hydrogens is 216 g/mol. The minimum absolute atomic E-state index is 0.00542. The SMILES string of the molecule is Cc1cccc(CC(=O)NC2CNC(=O)C2)c1. The third-order valence-corrected chi connectivity index (χ3v) is 2.79. The van der Waals surface area contributed by atoms with Gasteiger partial charge in [0, 0.05) is 13.0 Å². The summed E-state index contributed by atoms with van der Waals surface area (Å²) in [7, 11) is 0. The van der Waals surface area contributed by atoms with Gasteiger partial charge >= 0.3 is 0 Å². The van der Waals surface area contributed by atoms with Crippen LogP contribution in [0.1, 0.15) is 17.5 Å². The van der Waals surface area contributed by atoms with Crippen molar-refractivity contribution in [2.24, 2.45) is 0 Å². The van der Waals surface area contributed by atoms with E-state index in [0.717, 1.165) is 11.1 Å². The van der Waals surface area contributed by atoms with Gasteiger partial charge in [0.25, 0.3) is 0 Å². The van der Waals surface area contributed by atoms with Crippen LogP contribution in [0.15, 0.2) is 24.3 Å². The van der Waals surface area contributed by atoms with Gasteiger partial charge in [-0.15, -0.1) is 0 Å². The van der Waals surface area contributed by atoms with Crippen LogP contribution in [0.4, 0.5) is 0 Å². The standard InChI is InChI=1S/C13H16N2O2/c1-9-3-2-4-10(5-9)6-13(17)15-11-7-12(16)14-8-11/h2-5,11H,6-8H2,1H3,(H,14,16)(H,15,17). The van der Waals surface area contributed by atoms with Crippen LogP contribution in [-0.2, 0) is 16.0 Å². The second kappa shape index (κ2) is 4.99. The fourth-order valence-corrected chi connectivity index (χ4v) is 1.99. The van der Waals surface area contributed by atoms with E-state index in [2.05, 4.69) is 10.6 Å². The summed E-state index contributed by atoms with van der Waals surface area (Å²) in [6.07, 6.45) is 0.756. The molecule has 4 heteroatoms. The molecule has 1 heterocycles.